The number of hydrogen-bond donors (Lipinski definition) is 2. The Labute approximate surface area is 136 Å². The second-order valence-electron chi connectivity index (χ2n) is 6.66. The molecule has 22 heavy (non-hydrogen) atoms. The third-order valence-electron chi connectivity index (χ3n) is 3.51. The van der Waals surface area contributed by atoms with E-state index < -0.39 is 9.84 Å². The summed E-state index contributed by atoms with van der Waals surface area (Å²) < 4.78 is 22.4. The first-order valence-corrected chi connectivity index (χ1v) is 9.92. The predicted molar refractivity (Wildman–Crippen MR) is 95.2 cm³/mol. The molecule has 0 aliphatic carbocycles. The molecule has 0 aromatic carbocycles. The molecular weight excluding hydrogens is 300 g/mol. The minimum absolute atomic E-state index is 0.0591. The fraction of sp³-hybridized carbons (Fsp3) is 0.933. The van der Waals surface area contributed by atoms with Gasteiger partial charge in [0.2, 0.25) is 0 Å². The van der Waals surface area contributed by atoms with Crippen molar-refractivity contribution in [2.24, 2.45) is 10.9 Å². The third kappa shape index (κ3) is 10.8. The van der Waals surface area contributed by atoms with Gasteiger partial charge in [-0.2, -0.15) is 0 Å². The second kappa shape index (κ2) is 10.0. The molecule has 0 bridgehead atoms. The van der Waals surface area contributed by atoms with E-state index >= 15 is 0 Å². The average molecular weight is 335 g/mol. The zero-order valence-electron chi connectivity index (χ0n) is 15.2. The lowest BCUT2D eigenvalue weighted by molar-refractivity contribution is 0.254. The Kier molecular flexibility index (Phi) is 9.67. The molecule has 0 radical (unpaired) electrons. The van der Waals surface area contributed by atoms with Crippen LogP contribution in [0.4, 0.5) is 0 Å². The van der Waals surface area contributed by atoms with Crippen molar-refractivity contribution >= 4 is 15.8 Å². The Bertz CT molecular complexity index is 433. The van der Waals surface area contributed by atoms with Gasteiger partial charge in [0.1, 0.15) is 9.84 Å². The van der Waals surface area contributed by atoms with Gasteiger partial charge in [0.05, 0.1) is 5.75 Å². The van der Waals surface area contributed by atoms with E-state index in [4.69, 9.17) is 0 Å². The summed E-state index contributed by atoms with van der Waals surface area (Å²) in [6, 6.07) is 0.494. The van der Waals surface area contributed by atoms with Crippen LogP contribution < -0.4 is 10.6 Å². The third-order valence-corrected chi connectivity index (χ3v) is 4.48. The van der Waals surface area contributed by atoms with Gasteiger partial charge in [-0.25, -0.2) is 8.42 Å². The van der Waals surface area contributed by atoms with E-state index in [1.54, 1.807) is 7.05 Å². The van der Waals surface area contributed by atoms with E-state index in [1.807, 2.05) is 6.92 Å². The van der Waals surface area contributed by atoms with Crippen LogP contribution in [0.15, 0.2) is 4.99 Å². The minimum atomic E-state index is -2.92. The molecule has 2 unspecified atom stereocenters. The molecule has 2 N–H and O–H groups in total. The fourth-order valence-corrected chi connectivity index (χ4v) is 2.91. The van der Waals surface area contributed by atoms with Crippen molar-refractivity contribution in [3.05, 3.63) is 0 Å². The van der Waals surface area contributed by atoms with Crippen LogP contribution in [0.3, 0.4) is 0 Å². The Morgan fingerprint density at radius 1 is 1.23 bits per heavy atom. The summed E-state index contributed by atoms with van der Waals surface area (Å²) in [6.45, 7) is 7.22. The Hall–Kier alpha value is -0.820. The largest absolute Gasteiger partial charge is 0.355 e. The summed E-state index contributed by atoms with van der Waals surface area (Å²) in [4.78, 5) is 6.43. The number of hydrogen-bond acceptors (Lipinski definition) is 4. The summed E-state index contributed by atoms with van der Waals surface area (Å²) in [5, 5.41) is 6.57. The molecule has 0 saturated heterocycles. The van der Waals surface area contributed by atoms with Crippen molar-refractivity contribution in [3.8, 4) is 0 Å². The number of likely N-dealkylation sites (N-methyl/N-ethyl adjacent to an activating group) is 1. The monoisotopic (exact) mass is 334 g/mol. The van der Waals surface area contributed by atoms with Gasteiger partial charge in [0.25, 0.3) is 0 Å². The van der Waals surface area contributed by atoms with E-state index in [2.05, 4.69) is 48.5 Å². The number of guanidine groups is 1. The molecule has 0 heterocycles. The van der Waals surface area contributed by atoms with Crippen LogP contribution in [0.2, 0.25) is 0 Å². The normalized spacial score (nSPS) is 16.0. The number of sulfone groups is 1. The zero-order chi connectivity index (χ0) is 17.3. The summed E-state index contributed by atoms with van der Waals surface area (Å²) in [6.07, 6.45) is 2.95. The second-order valence-corrected chi connectivity index (χ2v) is 8.92. The van der Waals surface area contributed by atoms with E-state index in [1.165, 1.54) is 6.26 Å². The number of rotatable bonds is 9. The van der Waals surface area contributed by atoms with Gasteiger partial charge >= 0.3 is 0 Å². The zero-order valence-corrected chi connectivity index (χ0v) is 16.0. The van der Waals surface area contributed by atoms with E-state index in [0.717, 1.165) is 18.9 Å². The molecule has 0 aliphatic heterocycles. The number of aliphatic imine (C=N–C) groups is 1. The van der Waals surface area contributed by atoms with E-state index in [0.29, 0.717) is 18.4 Å². The van der Waals surface area contributed by atoms with E-state index in [-0.39, 0.29) is 11.8 Å². The van der Waals surface area contributed by atoms with Gasteiger partial charge in [0, 0.05) is 31.9 Å². The standard InChI is InChI=1S/C15H34N4O2S/c1-12(2)10-14(19(5)6)11-17-15(16-4)18-13(3)8-9-22(7,20)21/h12-14H,8-11H2,1-7H3,(H2,16,17,18). The van der Waals surface area contributed by atoms with Crippen LogP contribution in [0.1, 0.15) is 33.6 Å². The highest BCUT2D eigenvalue weighted by molar-refractivity contribution is 7.90. The fourth-order valence-electron chi connectivity index (χ4n) is 2.13. The van der Waals surface area contributed by atoms with Crippen LogP contribution in [-0.4, -0.2) is 71.1 Å². The molecule has 0 amide bonds. The number of nitrogens with one attached hydrogen (secondary N) is 2. The maximum Gasteiger partial charge on any atom is 0.191 e. The first-order chi connectivity index (χ1) is 10.0. The van der Waals surface area contributed by atoms with Crippen LogP contribution in [-0.2, 0) is 9.84 Å². The van der Waals surface area contributed by atoms with Gasteiger partial charge in [-0.15, -0.1) is 0 Å². The minimum Gasteiger partial charge on any atom is -0.355 e. The Morgan fingerprint density at radius 2 is 1.82 bits per heavy atom. The van der Waals surface area contributed by atoms with Crippen molar-refractivity contribution in [3.63, 3.8) is 0 Å². The van der Waals surface area contributed by atoms with Gasteiger partial charge in [-0.05, 0) is 39.8 Å². The maximum atomic E-state index is 11.2. The van der Waals surface area contributed by atoms with Crippen molar-refractivity contribution in [1.29, 1.82) is 0 Å². The first kappa shape index (κ1) is 21.2. The van der Waals surface area contributed by atoms with Gasteiger partial charge in [0.15, 0.2) is 5.96 Å². The highest BCUT2D eigenvalue weighted by Crippen LogP contribution is 2.08. The molecule has 2 atom stereocenters. The lowest BCUT2D eigenvalue weighted by Crippen LogP contribution is -2.48. The van der Waals surface area contributed by atoms with Crippen molar-refractivity contribution in [2.75, 3.05) is 39.7 Å². The van der Waals surface area contributed by atoms with Gasteiger partial charge < -0.3 is 15.5 Å². The van der Waals surface area contributed by atoms with Crippen LogP contribution in [0.5, 0.6) is 0 Å². The summed E-state index contributed by atoms with van der Waals surface area (Å²) in [7, 11) is 2.97. The molecule has 0 aliphatic rings. The lowest BCUT2D eigenvalue weighted by Gasteiger charge is -2.27. The molecule has 0 spiro atoms. The van der Waals surface area contributed by atoms with Crippen molar-refractivity contribution in [1.82, 2.24) is 15.5 Å². The van der Waals surface area contributed by atoms with E-state index in [9.17, 15) is 8.42 Å². The topological polar surface area (TPSA) is 73.8 Å². The molecule has 6 nitrogen and oxygen atoms in total. The molecule has 0 aromatic rings. The molecule has 0 aromatic heterocycles. The Morgan fingerprint density at radius 3 is 2.23 bits per heavy atom. The predicted octanol–water partition coefficient (Wildman–Crippen LogP) is 0.951. The highest BCUT2D eigenvalue weighted by Gasteiger charge is 2.15. The smallest absolute Gasteiger partial charge is 0.191 e. The maximum absolute atomic E-state index is 11.2. The van der Waals surface area contributed by atoms with Crippen molar-refractivity contribution < 1.29 is 8.42 Å². The molecule has 7 heteroatoms. The highest BCUT2D eigenvalue weighted by atomic mass is 32.2. The quantitative estimate of drug-likeness (QED) is 0.485. The molecule has 0 saturated carbocycles. The molecule has 132 valence electrons. The first-order valence-electron chi connectivity index (χ1n) is 7.86. The average Bonchev–Trinajstić information content (AvgIpc) is 2.38. The lowest BCUT2D eigenvalue weighted by atomic mass is 10.0. The number of nitrogens with zero attached hydrogens (tertiary/aromatic N) is 2. The van der Waals surface area contributed by atoms with Crippen LogP contribution >= 0.6 is 0 Å². The van der Waals surface area contributed by atoms with Crippen LogP contribution in [0.25, 0.3) is 0 Å². The van der Waals surface area contributed by atoms with Crippen LogP contribution in [0, 0.1) is 5.92 Å². The summed E-state index contributed by atoms with van der Waals surface area (Å²) in [5.74, 6) is 1.54. The van der Waals surface area contributed by atoms with Crippen molar-refractivity contribution in [2.45, 2.75) is 45.7 Å². The van der Waals surface area contributed by atoms with Gasteiger partial charge in [-0.3, -0.25) is 4.99 Å². The molecule has 0 rings (SSSR count). The SMILES string of the molecule is CN=C(NCC(CC(C)C)N(C)C)NC(C)CCS(C)(=O)=O. The Balaban J connectivity index is 4.36. The van der Waals surface area contributed by atoms with Gasteiger partial charge in [-0.1, -0.05) is 13.8 Å². The molecule has 0 fully saturated rings. The molecular formula is C15H34N4O2S. The summed E-state index contributed by atoms with van der Waals surface area (Å²) >= 11 is 0. The summed E-state index contributed by atoms with van der Waals surface area (Å²) in [5.41, 5.74) is 0.